The quantitative estimate of drug-likeness (QED) is 0.770. The highest BCUT2D eigenvalue weighted by molar-refractivity contribution is 5.87. The lowest BCUT2D eigenvalue weighted by Crippen LogP contribution is -2.03. The predicted molar refractivity (Wildman–Crippen MR) is 72.4 cm³/mol. The molecule has 2 rings (SSSR count). The van der Waals surface area contributed by atoms with E-state index in [9.17, 15) is 4.79 Å². The Bertz CT molecular complexity index is 554. The Kier molecular flexibility index (Phi) is 3.28. The van der Waals surface area contributed by atoms with Crippen molar-refractivity contribution in [2.45, 2.75) is 33.1 Å². The molecule has 0 amide bonds. The smallest absolute Gasteiger partial charge is 0.136 e. The summed E-state index contributed by atoms with van der Waals surface area (Å²) in [6.45, 7) is 5.77. The van der Waals surface area contributed by atoms with Crippen LogP contribution in [0, 0.1) is 0 Å². The molecule has 1 unspecified atom stereocenters. The van der Waals surface area contributed by atoms with Gasteiger partial charge in [-0.15, -0.1) is 0 Å². The molecule has 17 heavy (non-hydrogen) atoms. The third-order valence-electron chi connectivity index (χ3n) is 3.45. The van der Waals surface area contributed by atoms with Gasteiger partial charge in [-0.05, 0) is 35.2 Å². The number of carbonyl (C=O) groups excluding carboxylic acids is 1. The minimum absolute atomic E-state index is 0.00903. The number of ketones is 1. The van der Waals surface area contributed by atoms with Crippen molar-refractivity contribution in [1.29, 1.82) is 0 Å². The number of hydrogen-bond acceptors (Lipinski definition) is 1. The first-order valence-corrected chi connectivity index (χ1v) is 6.15. The summed E-state index contributed by atoms with van der Waals surface area (Å²) in [6.07, 6.45) is 1.06. The summed E-state index contributed by atoms with van der Waals surface area (Å²) >= 11 is 0. The van der Waals surface area contributed by atoms with Gasteiger partial charge in [0.15, 0.2) is 0 Å². The van der Waals surface area contributed by atoms with Crippen molar-refractivity contribution in [2.75, 3.05) is 0 Å². The number of benzene rings is 2. The molecule has 1 atom stereocenters. The Hall–Kier alpha value is -1.63. The highest BCUT2D eigenvalue weighted by atomic mass is 16.1. The van der Waals surface area contributed by atoms with Crippen LogP contribution in [0.5, 0.6) is 0 Å². The Labute approximate surface area is 102 Å². The molecule has 0 aliphatic carbocycles. The van der Waals surface area contributed by atoms with Crippen LogP contribution in [0.2, 0.25) is 0 Å². The van der Waals surface area contributed by atoms with Crippen molar-refractivity contribution in [2.24, 2.45) is 0 Å². The number of carbonyl (C=O) groups is 1. The molecule has 0 saturated heterocycles. The topological polar surface area (TPSA) is 17.1 Å². The SMILES string of the molecule is CCc1ccc2cc(C(C)C(C)=O)ccc2c1. The number of hydrogen-bond donors (Lipinski definition) is 0. The summed E-state index contributed by atoms with van der Waals surface area (Å²) in [5.74, 6) is 0.208. The van der Waals surface area contributed by atoms with Crippen LogP contribution >= 0.6 is 0 Å². The highest BCUT2D eigenvalue weighted by Gasteiger charge is 2.10. The fourth-order valence-electron chi connectivity index (χ4n) is 2.04. The lowest BCUT2D eigenvalue weighted by molar-refractivity contribution is -0.118. The fourth-order valence-corrected chi connectivity index (χ4v) is 2.04. The van der Waals surface area contributed by atoms with Gasteiger partial charge in [-0.2, -0.15) is 0 Å². The minimum atomic E-state index is -0.00903. The maximum absolute atomic E-state index is 11.4. The van der Waals surface area contributed by atoms with Gasteiger partial charge < -0.3 is 0 Å². The first kappa shape index (κ1) is 11.8. The maximum Gasteiger partial charge on any atom is 0.136 e. The van der Waals surface area contributed by atoms with Crippen LogP contribution in [-0.2, 0) is 11.2 Å². The molecule has 0 radical (unpaired) electrons. The van der Waals surface area contributed by atoms with E-state index >= 15 is 0 Å². The van der Waals surface area contributed by atoms with Gasteiger partial charge in [0.25, 0.3) is 0 Å². The second-order valence-corrected chi connectivity index (χ2v) is 4.63. The summed E-state index contributed by atoms with van der Waals surface area (Å²) in [5, 5.41) is 2.47. The van der Waals surface area contributed by atoms with E-state index in [1.54, 1.807) is 6.92 Å². The molecule has 0 spiro atoms. The molecule has 0 aliphatic rings. The Morgan fingerprint density at radius 3 is 2.41 bits per heavy atom. The maximum atomic E-state index is 11.4. The average molecular weight is 226 g/mol. The zero-order valence-electron chi connectivity index (χ0n) is 10.7. The largest absolute Gasteiger partial charge is 0.299 e. The third-order valence-corrected chi connectivity index (χ3v) is 3.45. The molecule has 0 heterocycles. The number of aryl methyl sites for hydroxylation is 1. The van der Waals surface area contributed by atoms with Crippen LogP contribution in [0.15, 0.2) is 36.4 Å². The van der Waals surface area contributed by atoms with Crippen molar-refractivity contribution in [3.8, 4) is 0 Å². The lowest BCUT2D eigenvalue weighted by atomic mass is 9.94. The van der Waals surface area contributed by atoms with Gasteiger partial charge in [0.1, 0.15) is 5.78 Å². The van der Waals surface area contributed by atoms with Gasteiger partial charge in [-0.3, -0.25) is 4.79 Å². The summed E-state index contributed by atoms with van der Waals surface area (Å²) in [6, 6.07) is 12.8. The molecular weight excluding hydrogens is 208 g/mol. The standard InChI is InChI=1S/C16H18O/c1-4-13-5-6-16-10-14(11(2)12(3)17)7-8-15(16)9-13/h5-11H,4H2,1-3H3. The van der Waals surface area contributed by atoms with Gasteiger partial charge in [-0.1, -0.05) is 50.2 Å². The van der Waals surface area contributed by atoms with Crippen molar-refractivity contribution < 1.29 is 4.79 Å². The number of fused-ring (bicyclic) bond motifs is 1. The van der Waals surface area contributed by atoms with Crippen LogP contribution in [0.4, 0.5) is 0 Å². The zero-order chi connectivity index (χ0) is 12.4. The predicted octanol–water partition coefficient (Wildman–Crippen LogP) is 4.09. The summed E-state index contributed by atoms with van der Waals surface area (Å²) in [7, 11) is 0. The third kappa shape index (κ3) is 2.38. The Morgan fingerprint density at radius 1 is 1.12 bits per heavy atom. The van der Waals surface area contributed by atoms with E-state index in [1.165, 1.54) is 16.3 Å². The van der Waals surface area contributed by atoms with E-state index in [1.807, 2.05) is 6.92 Å². The van der Waals surface area contributed by atoms with Gasteiger partial charge in [0.2, 0.25) is 0 Å². The first-order valence-electron chi connectivity index (χ1n) is 6.15. The second-order valence-electron chi connectivity index (χ2n) is 4.63. The molecule has 0 saturated carbocycles. The first-order chi connectivity index (χ1) is 8.11. The molecule has 1 heteroatoms. The van der Waals surface area contributed by atoms with E-state index in [4.69, 9.17) is 0 Å². The lowest BCUT2D eigenvalue weighted by Gasteiger charge is -2.09. The van der Waals surface area contributed by atoms with Crippen molar-refractivity contribution in [3.05, 3.63) is 47.5 Å². The molecule has 0 N–H and O–H groups in total. The van der Waals surface area contributed by atoms with Crippen molar-refractivity contribution in [1.82, 2.24) is 0 Å². The fraction of sp³-hybridized carbons (Fsp3) is 0.312. The van der Waals surface area contributed by atoms with Gasteiger partial charge >= 0.3 is 0 Å². The molecule has 0 aromatic heterocycles. The van der Waals surface area contributed by atoms with Crippen LogP contribution < -0.4 is 0 Å². The molecule has 2 aromatic rings. The second kappa shape index (κ2) is 4.70. The van der Waals surface area contributed by atoms with Crippen molar-refractivity contribution >= 4 is 16.6 Å². The van der Waals surface area contributed by atoms with E-state index in [-0.39, 0.29) is 11.7 Å². The van der Waals surface area contributed by atoms with Crippen LogP contribution in [0.3, 0.4) is 0 Å². The van der Waals surface area contributed by atoms with Crippen LogP contribution in [0.1, 0.15) is 37.8 Å². The monoisotopic (exact) mass is 226 g/mol. The average Bonchev–Trinajstić information content (AvgIpc) is 2.36. The van der Waals surface area contributed by atoms with Crippen molar-refractivity contribution in [3.63, 3.8) is 0 Å². The van der Waals surface area contributed by atoms with E-state index < -0.39 is 0 Å². The zero-order valence-corrected chi connectivity index (χ0v) is 10.7. The van der Waals surface area contributed by atoms with Crippen LogP contribution in [0.25, 0.3) is 10.8 Å². The highest BCUT2D eigenvalue weighted by Crippen LogP contribution is 2.23. The Morgan fingerprint density at radius 2 is 1.76 bits per heavy atom. The van der Waals surface area contributed by atoms with E-state index in [2.05, 4.69) is 43.3 Å². The normalized spacial score (nSPS) is 12.6. The van der Waals surface area contributed by atoms with Gasteiger partial charge in [-0.25, -0.2) is 0 Å². The molecule has 0 bridgehead atoms. The molecule has 2 aromatic carbocycles. The number of Topliss-reactive ketones (excluding diaryl/α,β-unsaturated/α-hetero) is 1. The molecule has 0 fully saturated rings. The summed E-state index contributed by atoms with van der Waals surface area (Å²) in [5.41, 5.74) is 2.46. The number of rotatable bonds is 3. The molecule has 0 aliphatic heterocycles. The van der Waals surface area contributed by atoms with E-state index in [0.29, 0.717) is 0 Å². The van der Waals surface area contributed by atoms with Gasteiger partial charge in [0.05, 0.1) is 0 Å². The summed E-state index contributed by atoms with van der Waals surface area (Å²) in [4.78, 5) is 11.4. The van der Waals surface area contributed by atoms with E-state index in [0.717, 1.165) is 12.0 Å². The molecule has 1 nitrogen and oxygen atoms in total. The van der Waals surface area contributed by atoms with Gasteiger partial charge in [0, 0.05) is 5.92 Å². The molecular formula is C16H18O. The Balaban J connectivity index is 2.48. The minimum Gasteiger partial charge on any atom is -0.299 e. The van der Waals surface area contributed by atoms with Crippen LogP contribution in [-0.4, -0.2) is 5.78 Å². The summed E-state index contributed by atoms with van der Waals surface area (Å²) < 4.78 is 0. The molecule has 88 valence electrons.